The third-order valence-electron chi connectivity index (χ3n) is 3.80. The first-order valence-corrected chi connectivity index (χ1v) is 8.03. The number of rotatable bonds is 5. The van der Waals surface area contributed by atoms with Crippen molar-refractivity contribution in [2.24, 2.45) is 5.92 Å². The predicted octanol–water partition coefficient (Wildman–Crippen LogP) is 4.05. The minimum absolute atomic E-state index is 0.459. The largest absolute Gasteiger partial charge is 0.366 e. The second kappa shape index (κ2) is 7.08. The van der Waals surface area contributed by atoms with Gasteiger partial charge in [0.2, 0.25) is 5.95 Å². The summed E-state index contributed by atoms with van der Waals surface area (Å²) in [5, 5.41) is 6.69. The Balaban J connectivity index is 2.02. The van der Waals surface area contributed by atoms with E-state index in [1.807, 2.05) is 6.92 Å². The smallest absolute Gasteiger partial charge is 0.224 e. The van der Waals surface area contributed by atoms with Crippen LogP contribution in [0.3, 0.4) is 0 Å². The molecule has 1 heterocycles. The number of hydrogen-bond donors (Lipinski definition) is 2. The lowest BCUT2D eigenvalue weighted by Gasteiger charge is -2.28. The van der Waals surface area contributed by atoms with Gasteiger partial charge in [-0.25, -0.2) is 4.98 Å². The number of halogens is 1. The second-order valence-electron chi connectivity index (χ2n) is 5.25. The molecule has 19 heavy (non-hydrogen) atoms. The summed E-state index contributed by atoms with van der Waals surface area (Å²) in [5.74, 6) is 2.34. The molecule has 0 saturated heterocycles. The summed E-state index contributed by atoms with van der Waals surface area (Å²) in [6, 6.07) is 0.459. The summed E-state index contributed by atoms with van der Waals surface area (Å²) in [4.78, 5) is 8.76. The van der Waals surface area contributed by atoms with E-state index in [1.165, 1.54) is 32.1 Å². The van der Waals surface area contributed by atoms with Gasteiger partial charge in [0.15, 0.2) is 0 Å². The van der Waals surface area contributed by atoms with E-state index in [4.69, 9.17) is 0 Å². The molecule has 1 unspecified atom stereocenters. The van der Waals surface area contributed by atoms with Crippen molar-refractivity contribution in [1.82, 2.24) is 9.97 Å². The summed E-state index contributed by atoms with van der Waals surface area (Å²) < 4.78 is 0.928. The maximum atomic E-state index is 4.52. The van der Waals surface area contributed by atoms with Gasteiger partial charge >= 0.3 is 0 Å². The van der Waals surface area contributed by atoms with Crippen molar-refractivity contribution in [2.75, 3.05) is 17.2 Å². The molecule has 106 valence electrons. The molecule has 1 fully saturated rings. The molecule has 0 spiro atoms. The number of nitrogens with one attached hydrogen (secondary N) is 2. The van der Waals surface area contributed by atoms with Gasteiger partial charge in [-0.05, 0) is 48.5 Å². The lowest BCUT2D eigenvalue weighted by Crippen LogP contribution is -2.28. The fourth-order valence-electron chi connectivity index (χ4n) is 2.68. The molecule has 1 aliphatic carbocycles. The highest BCUT2D eigenvalue weighted by molar-refractivity contribution is 9.10. The highest BCUT2D eigenvalue weighted by Crippen LogP contribution is 2.29. The van der Waals surface area contributed by atoms with Crippen molar-refractivity contribution in [2.45, 2.75) is 52.0 Å². The number of nitrogens with zero attached hydrogens (tertiary/aromatic N) is 2. The molecule has 1 aliphatic rings. The Morgan fingerprint density at radius 2 is 2.11 bits per heavy atom. The third kappa shape index (κ3) is 4.06. The van der Waals surface area contributed by atoms with Crippen LogP contribution >= 0.6 is 15.9 Å². The van der Waals surface area contributed by atoms with Crippen molar-refractivity contribution >= 4 is 27.7 Å². The van der Waals surface area contributed by atoms with E-state index in [1.54, 1.807) is 6.20 Å². The molecule has 1 saturated carbocycles. The Morgan fingerprint density at radius 1 is 1.37 bits per heavy atom. The van der Waals surface area contributed by atoms with Gasteiger partial charge in [0, 0.05) is 18.8 Å². The summed E-state index contributed by atoms with van der Waals surface area (Å²) in [7, 11) is 0. The number of hydrogen-bond acceptors (Lipinski definition) is 4. The Bertz CT molecular complexity index is 404. The topological polar surface area (TPSA) is 49.8 Å². The predicted molar refractivity (Wildman–Crippen MR) is 83.6 cm³/mol. The SMILES string of the molecule is CCNc1ncc(Br)c(NC(C)C2CCCCC2)n1. The molecule has 0 bridgehead atoms. The van der Waals surface area contributed by atoms with Crippen LogP contribution in [0.1, 0.15) is 46.0 Å². The first kappa shape index (κ1) is 14.6. The first-order valence-electron chi connectivity index (χ1n) is 7.23. The molecule has 4 nitrogen and oxygen atoms in total. The third-order valence-corrected chi connectivity index (χ3v) is 4.38. The van der Waals surface area contributed by atoms with E-state index in [9.17, 15) is 0 Å². The molecule has 2 N–H and O–H groups in total. The van der Waals surface area contributed by atoms with Crippen LogP contribution in [0.15, 0.2) is 10.7 Å². The maximum absolute atomic E-state index is 4.52. The lowest BCUT2D eigenvalue weighted by atomic mass is 9.84. The van der Waals surface area contributed by atoms with Gasteiger partial charge in [0.05, 0.1) is 4.47 Å². The van der Waals surface area contributed by atoms with Crippen LogP contribution in [0.2, 0.25) is 0 Å². The van der Waals surface area contributed by atoms with Gasteiger partial charge in [0.25, 0.3) is 0 Å². The monoisotopic (exact) mass is 326 g/mol. The summed E-state index contributed by atoms with van der Waals surface area (Å²) in [5.41, 5.74) is 0. The Kier molecular flexibility index (Phi) is 5.43. The van der Waals surface area contributed by atoms with Crippen LogP contribution in [0.4, 0.5) is 11.8 Å². The zero-order valence-electron chi connectivity index (χ0n) is 11.7. The van der Waals surface area contributed by atoms with Gasteiger partial charge < -0.3 is 10.6 Å². The van der Waals surface area contributed by atoms with Crippen molar-refractivity contribution in [1.29, 1.82) is 0 Å². The lowest BCUT2D eigenvalue weighted by molar-refractivity contribution is 0.328. The molecular formula is C14H23BrN4. The molecular weight excluding hydrogens is 304 g/mol. The van der Waals surface area contributed by atoms with Gasteiger partial charge in [-0.1, -0.05) is 19.3 Å². The Labute approximate surface area is 123 Å². The molecule has 1 atom stereocenters. The van der Waals surface area contributed by atoms with Gasteiger partial charge in [0.1, 0.15) is 5.82 Å². The zero-order chi connectivity index (χ0) is 13.7. The van der Waals surface area contributed by atoms with E-state index in [0.29, 0.717) is 12.0 Å². The number of aromatic nitrogens is 2. The molecule has 0 aliphatic heterocycles. The van der Waals surface area contributed by atoms with Gasteiger partial charge in [-0.2, -0.15) is 4.98 Å². The highest BCUT2D eigenvalue weighted by Gasteiger charge is 2.21. The van der Waals surface area contributed by atoms with Crippen molar-refractivity contribution in [3.8, 4) is 0 Å². The Hall–Kier alpha value is -0.840. The van der Waals surface area contributed by atoms with E-state index in [2.05, 4.69) is 43.5 Å². The molecule has 0 radical (unpaired) electrons. The van der Waals surface area contributed by atoms with Crippen LogP contribution < -0.4 is 10.6 Å². The van der Waals surface area contributed by atoms with Gasteiger partial charge in [-0.3, -0.25) is 0 Å². The van der Waals surface area contributed by atoms with E-state index < -0.39 is 0 Å². The zero-order valence-corrected chi connectivity index (χ0v) is 13.3. The Morgan fingerprint density at radius 3 is 2.79 bits per heavy atom. The van der Waals surface area contributed by atoms with Crippen LogP contribution in [-0.2, 0) is 0 Å². The fourth-order valence-corrected chi connectivity index (χ4v) is 2.98. The van der Waals surface area contributed by atoms with E-state index in [-0.39, 0.29) is 0 Å². The van der Waals surface area contributed by atoms with Crippen LogP contribution in [0.25, 0.3) is 0 Å². The van der Waals surface area contributed by atoms with Crippen molar-refractivity contribution in [3.63, 3.8) is 0 Å². The first-order chi connectivity index (χ1) is 9.20. The van der Waals surface area contributed by atoms with Crippen molar-refractivity contribution < 1.29 is 0 Å². The molecule has 2 rings (SSSR count). The summed E-state index contributed by atoms with van der Waals surface area (Å²) in [6.45, 7) is 5.14. The normalized spacial score (nSPS) is 18.1. The van der Waals surface area contributed by atoms with E-state index >= 15 is 0 Å². The van der Waals surface area contributed by atoms with Crippen LogP contribution in [-0.4, -0.2) is 22.6 Å². The summed E-state index contributed by atoms with van der Waals surface area (Å²) >= 11 is 3.52. The standard InChI is InChI=1S/C14H23BrN4/c1-3-16-14-17-9-12(15)13(19-14)18-10(2)11-7-5-4-6-8-11/h9-11H,3-8H2,1-2H3,(H2,16,17,18,19). The fraction of sp³-hybridized carbons (Fsp3) is 0.714. The molecule has 5 heteroatoms. The number of anilines is 2. The quantitative estimate of drug-likeness (QED) is 0.856. The average Bonchev–Trinajstić information content (AvgIpc) is 2.44. The maximum Gasteiger partial charge on any atom is 0.224 e. The van der Waals surface area contributed by atoms with Gasteiger partial charge in [-0.15, -0.1) is 0 Å². The average molecular weight is 327 g/mol. The van der Waals surface area contributed by atoms with E-state index in [0.717, 1.165) is 22.8 Å². The van der Waals surface area contributed by atoms with Crippen molar-refractivity contribution in [3.05, 3.63) is 10.7 Å². The highest BCUT2D eigenvalue weighted by atomic mass is 79.9. The molecule has 0 aromatic carbocycles. The molecule has 0 amide bonds. The second-order valence-corrected chi connectivity index (χ2v) is 6.11. The van der Waals surface area contributed by atoms with Crippen LogP contribution in [0, 0.1) is 5.92 Å². The minimum Gasteiger partial charge on any atom is -0.366 e. The summed E-state index contributed by atoms with van der Waals surface area (Å²) in [6.07, 6.45) is 8.59. The molecule has 1 aromatic heterocycles. The van der Waals surface area contributed by atoms with Crippen LogP contribution in [0.5, 0.6) is 0 Å². The molecule has 1 aromatic rings. The minimum atomic E-state index is 0.459.